The number of nitrogens with zero attached hydrogens (tertiary/aromatic N) is 1. The van der Waals surface area contributed by atoms with Crippen LogP contribution < -0.4 is 5.32 Å². The van der Waals surface area contributed by atoms with Crippen LogP contribution >= 0.6 is 0 Å². The van der Waals surface area contributed by atoms with Crippen LogP contribution in [0.3, 0.4) is 0 Å². The predicted molar refractivity (Wildman–Crippen MR) is 103 cm³/mol. The Labute approximate surface area is 159 Å². The van der Waals surface area contributed by atoms with Crippen molar-refractivity contribution in [3.05, 3.63) is 59.4 Å². The molecule has 146 valence electrons. The molecule has 0 radical (unpaired) electrons. The Bertz CT molecular complexity index is 894. The topological polar surface area (TPSA) is 69.6 Å². The van der Waals surface area contributed by atoms with Crippen LogP contribution in [0, 0.1) is 18.7 Å². The van der Waals surface area contributed by atoms with E-state index in [2.05, 4.69) is 5.32 Å². The van der Waals surface area contributed by atoms with E-state index in [1.54, 1.807) is 24.3 Å². The van der Waals surface area contributed by atoms with Crippen molar-refractivity contribution in [2.75, 3.05) is 25.0 Å². The molecule has 1 heterocycles. The fourth-order valence-corrected chi connectivity index (χ4v) is 4.82. The van der Waals surface area contributed by atoms with Crippen molar-refractivity contribution >= 4 is 15.7 Å². The van der Waals surface area contributed by atoms with Crippen LogP contribution in [0.5, 0.6) is 0 Å². The molecule has 7 heteroatoms. The number of aliphatic hydroxyl groups excluding tert-OH is 1. The minimum absolute atomic E-state index is 0.107. The molecule has 0 unspecified atom stereocenters. The Morgan fingerprint density at radius 2 is 1.93 bits per heavy atom. The summed E-state index contributed by atoms with van der Waals surface area (Å²) in [7, 11) is -3.55. The van der Waals surface area contributed by atoms with Crippen molar-refractivity contribution in [1.82, 2.24) is 4.31 Å². The standard InChI is InChI=1S/C20H25FN2O3S/c1-15-11-18(21)6-5-17(15)13-22-19-3-2-4-20(12-19)27(25,26)23-9-7-16(14-24)8-10-23/h2-6,11-12,16,22,24H,7-10,13-14H2,1H3. The van der Waals surface area contributed by atoms with Crippen LogP contribution in [0.1, 0.15) is 24.0 Å². The summed E-state index contributed by atoms with van der Waals surface area (Å²) in [6.45, 7) is 3.30. The molecule has 0 saturated carbocycles. The average Bonchev–Trinajstić information content (AvgIpc) is 2.67. The summed E-state index contributed by atoms with van der Waals surface area (Å²) < 4.78 is 40.5. The van der Waals surface area contributed by atoms with Gasteiger partial charge in [0.15, 0.2) is 0 Å². The van der Waals surface area contributed by atoms with Crippen molar-refractivity contribution in [3.63, 3.8) is 0 Å². The molecule has 1 aliphatic rings. The molecule has 2 aromatic rings. The van der Waals surface area contributed by atoms with Gasteiger partial charge in [-0.2, -0.15) is 4.31 Å². The first-order valence-corrected chi connectivity index (χ1v) is 10.5. The Morgan fingerprint density at radius 3 is 2.59 bits per heavy atom. The van der Waals surface area contributed by atoms with Crippen LogP contribution in [-0.2, 0) is 16.6 Å². The van der Waals surface area contributed by atoms with Gasteiger partial charge in [0.25, 0.3) is 0 Å². The van der Waals surface area contributed by atoms with Crippen LogP contribution in [0.2, 0.25) is 0 Å². The van der Waals surface area contributed by atoms with Gasteiger partial charge in [-0.25, -0.2) is 12.8 Å². The molecule has 0 aliphatic carbocycles. The van der Waals surface area contributed by atoms with Gasteiger partial charge in [0.2, 0.25) is 10.0 Å². The molecular weight excluding hydrogens is 367 g/mol. The smallest absolute Gasteiger partial charge is 0.243 e. The maximum atomic E-state index is 13.2. The Balaban J connectivity index is 1.71. The molecule has 1 saturated heterocycles. The van der Waals surface area contributed by atoms with Crippen molar-refractivity contribution in [2.24, 2.45) is 5.92 Å². The highest BCUT2D eigenvalue weighted by Crippen LogP contribution is 2.25. The van der Waals surface area contributed by atoms with Gasteiger partial charge in [0, 0.05) is 31.9 Å². The minimum atomic E-state index is -3.55. The van der Waals surface area contributed by atoms with E-state index in [1.165, 1.54) is 16.4 Å². The first kappa shape index (κ1) is 19.8. The van der Waals surface area contributed by atoms with E-state index in [0.717, 1.165) is 11.1 Å². The maximum Gasteiger partial charge on any atom is 0.243 e. The predicted octanol–water partition coefficient (Wildman–Crippen LogP) is 3.14. The average molecular weight is 392 g/mol. The van der Waals surface area contributed by atoms with Crippen LogP contribution in [0.4, 0.5) is 10.1 Å². The number of hydrogen-bond acceptors (Lipinski definition) is 4. The summed E-state index contributed by atoms with van der Waals surface area (Å²) in [5, 5.41) is 12.4. The molecule has 0 aromatic heterocycles. The fourth-order valence-electron chi connectivity index (χ4n) is 3.30. The Hall–Kier alpha value is -1.96. The Morgan fingerprint density at radius 1 is 1.19 bits per heavy atom. The number of piperidine rings is 1. The van der Waals surface area contributed by atoms with Crippen LogP contribution in [-0.4, -0.2) is 37.5 Å². The van der Waals surface area contributed by atoms with E-state index in [-0.39, 0.29) is 23.2 Å². The highest BCUT2D eigenvalue weighted by molar-refractivity contribution is 7.89. The third kappa shape index (κ3) is 4.66. The lowest BCUT2D eigenvalue weighted by atomic mass is 10.00. The molecule has 0 amide bonds. The second-order valence-corrected chi connectivity index (χ2v) is 8.92. The van der Waals surface area contributed by atoms with Gasteiger partial charge < -0.3 is 10.4 Å². The number of aryl methyl sites for hydroxylation is 1. The largest absolute Gasteiger partial charge is 0.396 e. The molecule has 5 nitrogen and oxygen atoms in total. The van der Waals surface area contributed by atoms with Crippen LogP contribution in [0.15, 0.2) is 47.4 Å². The van der Waals surface area contributed by atoms with E-state index in [1.807, 2.05) is 13.0 Å². The highest BCUT2D eigenvalue weighted by Gasteiger charge is 2.29. The lowest BCUT2D eigenvalue weighted by molar-refractivity contribution is 0.170. The van der Waals surface area contributed by atoms with E-state index in [4.69, 9.17) is 0 Å². The number of benzene rings is 2. The summed E-state index contributed by atoms with van der Waals surface area (Å²) >= 11 is 0. The molecule has 2 aromatic carbocycles. The maximum absolute atomic E-state index is 13.2. The van der Waals surface area contributed by atoms with E-state index >= 15 is 0 Å². The number of anilines is 1. The summed E-state index contributed by atoms with van der Waals surface area (Å²) in [4.78, 5) is 0.255. The number of rotatable bonds is 6. The van der Waals surface area contributed by atoms with Gasteiger partial charge in [-0.05, 0) is 67.1 Å². The van der Waals surface area contributed by atoms with Gasteiger partial charge in [0.1, 0.15) is 5.82 Å². The van der Waals surface area contributed by atoms with Gasteiger partial charge >= 0.3 is 0 Å². The summed E-state index contributed by atoms with van der Waals surface area (Å²) in [6, 6.07) is 11.4. The summed E-state index contributed by atoms with van der Waals surface area (Å²) in [5.41, 5.74) is 2.50. The monoisotopic (exact) mass is 392 g/mol. The molecule has 0 spiro atoms. The Kier molecular flexibility index (Phi) is 6.14. The van der Waals surface area contributed by atoms with Crippen molar-refractivity contribution in [2.45, 2.75) is 31.2 Å². The van der Waals surface area contributed by atoms with Gasteiger partial charge in [-0.1, -0.05) is 12.1 Å². The lowest BCUT2D eigenvalue weighted by Crippen LogP contribution is -2.39. The molecule has 0 atom stereocenters. The summed E-state index contributed by atoms with van der Waals surface area (Å²) in [6.07, 6.45) is 1.36. The molecule has 3 rings (SSSR count). The first-order valence-electron chi connectivity index (χ1n) is 9.10. The van der Waals surface area contributed by atoms with Gasteiger partial charge in [-0.15, -0.1) is 0 Å². The van der Waals surface area contributed by atoms with Gasteiger partial charge in [0.05, 0.1) is 4.90 Å². The van der Waals surface area contributed by atoms with Crippen molar-refractivity contribution in [3.8, 4) is 0 Å². The molecule has 0 bridgehead atoms. The molecule has 27 heavy (non-hydrogen) atoms. The third-order valence-electron chi connectivity index (χ3n) is 5.09. The van der Waals surface area contributed by atoms with E-state index < -0.39 is 10.0 Å². The van der Waals surface area contributed by atoms with Gasteiger partial charge in [-0.3, -0.25) is 0 Å². The molecule has 2 N–H and O–H groups in total. The molecule has 1 aliphatic heterocycles. The number of aliphatic hydroxyl groups is 1. The zero-order valence-electron chi connectivity index (χ0n) is 15.4. The number of sulfonamides is 1. The molecule has 1 fully saturated rings. The minimum Gasteiger partial charge on any atom is -0.396 e. The van der Waals surface area contributed by atoms with E-state index in [0.29, 0.717) is 38.2 Å². The van der Waals surface area contributed by atoms with E-state index in [9.17, 15) is 17.9 Å². The SMILES string of the molecule is Cc1cc(F)ccc1CNc1cccc(S(=O)(=O)N2CCC(CO)CC2)c1. The number of nitrogens with one attached hydrogen (secondary N) is 1. The zero-order chi connectivity index (χ0) is 19.4. The highest BCUT2D eigenvalue weighted by atomic mass is 32.2. The van der Waals surface area contributed by atoms with Crippen molar-refractivity contribution < 1.29 is 17.9 Å². The lowest BCUT2D eigenvalue weighted by Gasteiger charge is -2.30. The third-order valence-corrected chi connectivity index (χ3v) is 6.99. The number of halogens is 1. The quantitative estimate of drug-likeness (QED) is 0.792. The zero-order valence-corrected chi connectivity index (χ0v) is 16.2. The normalized spacial score (nSPS) is 16.4. The second-order valence-electron chi connectivity index (χ2n) is 6.98. The van der Waals surface area contributed by atoms with Crippen molar-refractivity contribution in [1.29, 1.82) is 0 Å². The summed E-state index contributed by atoms with van der Waals surface area (Å²) in [5.74, 6) is -0.0855. The molecular formula is C20H25FN2O3S. The number of hydrogen-bond donors (Lipinski definition) is 2. The fraction of sp³-hybridized carbons (Fsp3) is 0.400. The first-order chi connectivity index (χ1) is 12.9. The van der Waals surface area contributed by atoms with Crippen LogP contribution in [0.25, 0.3) is 0 Å². The second kappa shape index (κ2) is 8.37.